The van der Waals surface area contributed by atoms with Gasteiger partial charge in [0, 0.05) is 32.3 Å². The predicted molar refractivity (Wildman–Crippen MR) is 82.4 cm³/mol. The Morgan fingerprint density at radius 2 is 2.10 bits per heavy atom. The van der Waals surface area contributed by atoms with E-state index in [4.69, 9.17) is 9.84 Å². The van der Waals surface area contributed by atoms with Crippen molar-refractivity contribution in [2.75, 3.05) is 33.4 Å². The van der Waals surface area contributed by atoms with Crippen LogP contribution in [0, 0.1) is 23.6 Å². The van der Waals surface area contributed by atoms with Gasteiger partial charge in [-0.2, -0.15) is 0 Å². The number of methoxy groups -OCH3 is 1. The number of ether oxygens (including phenoxy) is 1. The molecular formula is C17H24FNO2. The molecule has 116 valence electrons. The van der Waals surface area contributed by atoms with Crippen LogP contribution in [-0.2, 0) is 11.3 Å². The topological polar surface area (TPSA) is 32.7 Å². The van der Waals surface area contributed by atoms with Crippen molar-refractivity contribution >= 4 is 0 Å². The van der Waals surface area contributed by atoms with Crippen molar-refractivity contribution in [3.8, 4) is 11.8 Å². The Bertz CT molecular complexity index is 491. The molecule has 0 saturated carbocycles. The number of aliphatic hydroxyl groups is 1. The number of nitrogens with zero attached hydrogens (tertiary/aromatic N) is 1. The van der Waals surface area contributed by atoms with Crippen LogP contribution in [0.1, 0.15) is 25.0 Å². The number of halogens is 1. The van der Waals surface area contributed by atoms with Gasteiger partial charge in [0.2, 0.25) is 0 Å². The van der Waals surface area contributed by atoms with E-state index in [0.29, 0.717) is 24.6 Å². The van der Waals surface area contributed by atoms with Gasteiger partial charge in [-0.15, -0.1) is 0 Å². The Kier molecular flexibility index (Phi) is 7.99. The number of rotatable bonds is 7. The van der Waals surface area contributed by atoms with Crippen molar-refractivity contribution in [2.24, 2.45) is 5.92 Å². The zero-order valence-electron chi connectivity index (χ0n) is 13.0. The van der Waals surface area contributed by atoms with Crippen LogP contribution in [0.2, 0.25) is 0 Å². The summed E-state index contributed by atoms with van der Waals surface area (Å²) in [6, 6.07) is 4.78. The molecule has 1 aromatic rings. The Morgan fingerprint density at radius 3 is 2.71 bits per heavy atom. The molecule has 21 heavy (non-hydrogen) atoms. The SMILES string of the molecule is COCCN(Cc1cc(F)cc(C#CCO)c1)CC(C)C. The lowest BCUT2D eigenvalue weighted by Gasteiger charge is -2.24. The minimum absolute atomic E-state index is 0.223. The maximum Gasteiger partial charge on any atom is 0.124 e. The van der Waals surface area contributed by atoms with Crippen LogP contribution < -0.4 is 0 Å². The Morgan fingerprint density at radius 1 is 1.33 bits per heavy atom. The monoisotopic (exact) mass is 293 g/mol. The molecule has 0 bridgehead atoms. The van der Waals surface area contributed by atoms with Gasteiger partial charge in [-0.3, -0.25) is 4.90 Å². The van der Waals surface area contributed by atoms with E-state index >= 15 is 0 Å². The van der Waals surface area contributed by atoms with Gasteiger partial charge in [-0.1, -0.05) is 25.7 Å². The zero-order valence-corrected chi connectivity index (χ0v) is 13.0. The second-order valence-electron chi connectivity index (χ2n) is 5.43. The molecule has 0 amide bonds. The molecule has 0 radical (unpaired) electrons. The molecule has 0 aromatic heterocycles. The van der Waals surface area contributed by atoms with Gasteiger partial charge in [0.15, 0.2) is 0 Å². The highest BCUT2D eigenvalue weighted by atomic mass is 19.1. The van der Waals surface area contributed by atoms with E-state index in [1.54, 1.807) is 7.11 Å². The van der Waals surface area contributed by atoms with Crippen molar-refractivity contribution in [2.45, 2.75) is 20.4 Å². The summed E-state index contributed by atoms with van der Waals surface area (Å²) in [7, 11) is 1.68. The van der Waals surface area contributed by atoms with Crippen LogP contribution in [0.15, 0.2) is 18.2 Å². The van der Waals surface area contributed by atoms with E-state index in [9.17, 15) is 4.39 Å². The fourth-order valence-electron chi connectivity index (χ4n) is 2.19. The lowest BCUT2D eigenvalue weighted by Crippen LogP contribution is -2.30. The molecule has 0 aliphatic heterocycles. The largest absolute Gasteiger partial charge is 0.384 e. The summed E-state index contributed by atoms with van der Waals surface area (Å²) < 4.78 is 18.8. The summed E-state index contributed by atoms with van der Waals surface area (Å²) >= 11 is 0. The van der Waals surface area contributed by atoms with Crippen LogP contribution >= 0.6 is 0 Å². The summed E-state index contributed by atoms with van der Waals surface area (Å²) in [5, 5.41) is 8.72. The van der Waals surface area contributed by atoms with Crippen LogP contribution in [0.25, 0.3) is 0 Å². The van der Waals surface area contributed by atoms with Gasteiger partial charge in [-0.25, -0.2) is 4.39 Å². The predicted octanol–water partition coefficient (Wildman–Crippen LogP) is 2.27. The van der Waals surface area contributed by atoms with Gasteiger partial charge in [0.05, 0.1) is 6.61 Å². The lowest BCUT2D eigenvalue weighted by molar-refractivity contribution is 0.136. The number of benzene rings is 1. The third-order valence-electron chi connectivity index (χ3n) is 2.91. The fourth-order valence-corrected chi connectivity index (χ4v) is 2.19. The smallest absolute Gasteiger partial charge is 0.124 e. The summed E-state index contributed by atoms with van der Waals surface area (Å²) in [4.78, 5) is 2.24. The summed E-state index contributed by atoms with van der Waals surface area (Å²) in [6.45, 7) is 7.14. The highest BCUT2D eigenvalue weighted by Gasteiger charge is 2.09. The fraction of sp³-hybridized carbons (Fsp3) is 0.529. The third kappa shape index (κ3) is 7.24. The number of aliphatic hydroxyl groups excluding tert-OH is 1. The average Bonchev–Trinajstić information content (AvgIpc) is 2.41. The van der Waals surface area contributed by atoms with Crippen molar-refractivity contribution in [3.05, 3.63) is 35.1 Å². The maximum atomic E-state index is 13.6. The third-order valence-corrected chi connectivity index (χ3v) is 2.91. The molecular weight excluding hydrogens is 269 g/mol. The van der Waals surface area contributed by atoms with Gasteiger partial charge in [0.25, 0.3) is 0 Å². The van der Waals surface area contributed by atoms with Crippen LogP contribution in [0.4, 0.5) is 4.39 Å². The molecule has 1 aromatic carbocycles. The zero-order chi connectivity index (χ0) is 15.7. The van der Waals surface area contributed by atoms with E-state index in [0.717, 1.165) is 18.7 Å². The van der Waals surface area contributed by atoms with E-state index in [1.165, 1.54) is 12.1 Å². The van der Waals surface area contributed by atoms with E-state index < -0.39 is 0 Å². The van der Waals surface area contributed by atoms with E-state index in [2.05, 4.69) is 30.6 Å². The molecule has 4 heteroatoms. The summed E-state index contributed by atoms with van der Waals surface area (Å²) in [5.74, 6) is 5.53. The highest BCUT2D eigenvalue weighted by Crippen LogP contribution is 2.12. The standard InChI is InChI=1S/C17H24FNO2/c1-14(2)12-19(6-8-21-3)13-16-9-15(5-4-7-20)10-17(18)11-16/h9-11,14,20H,6-8,12-13H2,1-3H3. The summed E-state index contributed by atoms with van der Waals surface area (Å²) in [6.07, 6.45) is 0. The van der Waals surface area contributed by atoms with E-state index in [1.807, 2.05) is 6.07 Å². The first kappa shape index (κ1) is 17.6. The molecule has 1 N–H and O–H groups in total. The molecule has 0 aliphatic carbocycles. The highest BCUT2D eigenvalue weighted by molar-refractivity contribution is 5.37. The van der Waals surface area contributed by atoms with Crippen molar-refractivity contribution < 1.29 is 14.2 Å². The Labute approximate surface area is 126 Å². The first-order chi connectivity index (χ1) is 10.0. The van der Waals surface area contributed by atoms with Crippen LogP contribution in [-0.4, -0.2) is 43.4 Å². The number of hydrogen-bond acceptors (Lipinski definition) is 3. The Balaban J connectivity index is 2.83. The molecule has 0 fully saturated rings. The number of hydrogen-bond donors (Lipinski definition) is 1. The first-order valence-corrected chi connectivity index (χ1v) is 7.15. The molecule has 1 rings (SSSR count). The average molecular weight is 293 g/mol. The molecule has 0 saturated heterocycles. The molecule has 0 unspecified atom stereocenters. The molecule has 0 spiro atoms. The normalized spacial score (nSPS) is 10.8. The molecule has 3 nitrogen and oxygen atoms in total. The van der Waals surface area contributed by atoms with Gasteiger partial charge < -0.3 is 9.84 Å². The lowest BCUT2D eigenvalue weighted by atomic mass is 10.1. The second-order valence-corrected chi connectivity index (χ2v) is 5.43. The van der Waals surface area contributed by atoms with Gasteiger partial charge in [0.1, 0.15) is 12.4 Å². The first-order valence-electron chi connectivity index (χ1n) is 7.15. The molecule has 0 atom stereocenters. The minimum atomic E-state index is -0.300. The maximum absolute atomic E-state index is 13.6. The van der Waals surface area contributed by atoms with Crippen LogP contribution in [0.5, 0.6) is 0 Å². The van der Waals surface area contributed by atoms with E-state index in [-0.39, 0.29) is 12.4 Å². The van der Waals surface area contributed by atoms with Crippen molar-refractivity contribution in [1.82, 2.24) is 4.90 Å². The van der Waals surface area contributed by atoms with Gasteiger partial charge in [-0.05, 0) is 29.7 Å². The van der Waals surface area contributed by atoms with Gasteiger partial charge >= 0.3 is 0 Å². The van der Waals surface area contributed by atoms with Crippen molar-refractivity contribution in [1.29, 1.82) is 0 Å². The van der Waals surface area contributed by atoms with Crippen molar-refractivity contribution in [3.63, 3.8) is 0 Å². The Hall–Kier alpha value is -1.41. The minimum Gasteiger partial charge on any atom is -0.384 e. The second kappa shape index (κ2) is 9.51. The molecule has 0 heterocycles. The quantitative estimate of drug-likeness (QED) is 0.783. The summed E-state index contributed by atoms with van der Waals surface area (Å²) in [5.41, 5.74) is 1.48. The van der Waals surface area contributed by atoms with Crippen LogP contribution in [0.3, 0.4) is 0 Å². The molecule has 0 aliphatic rings.